The minimum atomic E-state index is -2.76. The van der Waals surface area contributed by atoms with Gasteiger partial charge in [0.15, 0.2) is 0 Å². The smallest absolute Gasteiger partial charge is 0.234 e. The number of piperidine rings is 2. The first-order valence-electron chi connectivity index (χ1n) is 25.0. The number of hydrogen-bond acceptors (Lipinski definition) is 13. The number of fused-ring (bicyclic) bond motifs is 1. The molecule has 0 unspecified atom stereocenters. The van der Waals surface area contributed by atoms with Crippen molar-refractivity contribution >= 4 is 91.5 Å². The highest BCUT2D eigenvalue weighted by Gasteiger charge is 2.46. The standard InChI is InChI=1S/C53H64BrF2N10O5P/c1-8-31-24-43(60-52-57-28-38(54)49(62-52)59-42-14-13-41-35(48(42)72(6,7)70)11-10-32(9-2)58-41)45(71-5)27-44(31)64-18-16-33(17-19-64)63-20-22-65(23-21-63)51(69)37-29-66(30-53(37,3)4)34-25-39(55)47(40(56)26-34)36-12-15-46(67)61-50(36)68/h10-11,13-14,24-28,33,36-37H,8-9,12,15-23,29-30H2,1-7H3,(H,61,67,68)(H2,57,59,60,62)/t36-,37-/m1/s1. The molecule has 0 spiro atoms. The summed E-state index contributed by atoms with van der Waals surface area (Å²) in [6.07, 6.45) is 5.31. The van der Waals surface area contributed by atoms with E-state index in [9.17, 15) is 18.9 Å². The number of carbonyl (C=O) groups is 3. The van der Waals surface area contributed by atoms with Crippen LogP contribution in [0.5, 0.6) is 5.75 Å². The van der Waals surface area contributed by atoms with E-state index >= 15 is 8.78 Å². The van der Waals surface area contributed by atoms with Gasteiger partial charge in [0.05, 0.1) is 40.3 Å². The van der Waals surface area contributed by atoms with Gasteiger partial charge in [-0.1, -0.05) is 33.8 Å². The van der Waals surface area contributed by atoms with Gasteiger partial charge in [-0.15, -0.1) is 0 Å². The van der Waals surface area contributed by atoms with E-state index in [1.165, 1.54) is 12.1 Å². The third-order valence-electron chi connectivity index (χ3n) is 15.0. The van der Waals surface area contributed by atoms with E-state index in [1.54, 1.807) is 26.6 Å². The molecule has 3 N–H and O–H groups in total. The molecule has 9 rings (SSSR count). The van der Waals surface area contributed by atoms with Gasteiger partial charge in [0.25, 0.3) is 0 Å². The predicted octanol–water partition coefficient (Wildman–Crippen LogP) is 8.73. The van der Waals surface area contributed by atoms with Crippen molar-refractivity contribution in [2.45, 2.75) is 78.2 Å². The van der Waals surface area contributed by atoms with Gasteiger partial charge in [-0.05, 0) is 109 Å². The van der Waals surface area contributed by atoms with Crippen LogP contribution in [0.3, 0.4) is 0 Å². The fourth-order valence-electron chi connectivity index (χ4n) is 11.1. The van der Waals surface area contributed by atoms with Crippen LogP contribution < -0.4 is 35.8 Å². The van der Waals surface area contributed by atoms with Crippen molar-refractivity contribution in [3.05, 3.63) is 87.7 Å². The number of imide groups is 1. The molecule has 0 saturated carbocycles. The van der Waals surface area contributed by atoms with Crippen molar-refractivity contribution in [2.24, 2.45) is 11.3 Å². The SMILES string of the molecule is CCc1ccc2c(P(C)(C)=O)c(Nc3nc(Nc4cc(CC)c(N5CCC(N6CCN(C(=O)[C@H]7CN(c8cc(F)c([C@H]9CCC(=O)NC9=O)c(F)c8)CC7(C)C)CC6)CC5)cc4OC)ncc3Br)ccc2n1. The Morgan fingerprint density at radius 2 is 1.62 bits per heavy atom. The second kappa shape index (κ2) is 20.7. The van der Waals surface area contributed by atoms with Crippen LogP contribution in [0.25, 0.3) is 10.9 Å². The number of piperazine rings is 1. The Hall–Kier alpha value is -5.71. The maximum atomic E-state index is 15.5. The molecule has 72 heavy (non-hydrogen) atoms. The maximum Gasteiger partial charge on any atom is 0.234 e. The van der Waals surface area contributed by atoms with E-state index in [1.807, 2.05) is 47.9 Å². The van der Waals surface area contributed by atoms with Crippen molar-refractivity contribution in [2.75, 3.05) is 93.2 Å². The summed E-state index contributed by atoms with van der Waals surface area (Å²) in [7, 11) is -1.10. The zero-order valence-corrected chi connectivity index (χ0v) is 44.6. The molecule has 0 radical (unpaired) electrons. The van der Waals surface area contributed by atoms with Crippen molar-refractivity contribution in [3.8, 4) is 5.75 Å². The number of anilines is 6. The van der Waals surface area contributed by atoms with Gasteiger partial charge < -0.3 is 34.6 Å². The molecule has 6 heterocycles. The lowest BCUT2D eigenvalue weighted by molar-refractivity contribution is -0.140. The minimum Gasteiger partial charge on any atom is -0.494 e. The summed E-state index contributed by atoms with van der Waals surface area (Å²) < 4.78 is 51.4. The monoisotopic (exact) mass is 1070 g/mol. The number of benzene rings is 3. The van der Waals surface area contributed by atoms with Crippen LogP contribution in [-0.2, 0) is 31.8 Å². The summed E-state index contributed by atoms with van der Waals surface area (Å²) in [4.78, 5) is 61.2. The summed E-state index contributed by atoms with van der Waals surface area (Å²) >= 11 is 3.62. The fourth-order valence-corrected chi connectivity index (χ4v) is 12.9. The molecule has 2 aromatic heterocycles. The number of nitrogens with one attached hydrogen (secondary N) is 3. The number of ether oxygens (including phenoxy) is 1. The van der Waals surface area contributed by atoms with Gasteiger partial charge in [0.1, 0.15) is 30.3 Å². The molecule has 2 atom stereocenters. The van der Waals surface area contributed by atoms with Gasteiger partial charge in [0.2, 0.25) is 23.7 Å². The molecule has 3 amide bonds. The number of aryl methyl sites for hydroxylation is 2. The Morgan fingerprint density at radius 1 is 0.903 bits per heavy atom. The van der Waals surface area contributed by atoms with Crippen molar-refractivity contribution < 1.29 is 32.5 Å². The van der Waals surface area contributed by atoms with Crippen molar-refractivity contribution in [1.29, 1.82) is 0 Å². The molecule has 0 bridgehead atoms. The Labute approximate surface area is 428 Å². The number of aromatic nitrogens is 3. The topological polar surface area (TPSA) is 165 Å². The number of nitrogens with zero attached hydrogens (tertiary/aromatic N) is 7. The van der Waals surface area contributed by atoms with Gasteiger partial charge in [-0.3, -0.25) is 29.6 Å². The highest BCUT2D eigenvalue weighted by molar-refractivity contribution is 9.10. The van der Waals surface area contributed by atoms with Gasteiger partial charge >= 0.3 is 0 Å². The molecule has 4 fully saturated rings. The number of rotatable bonds is 13. The third kappa shape index (κ3) is 10.4. The number of halogens is 3. The first kappa shape index (κ1) is 51.2. The molecule has 382 valence electrons. The molecule has 15 nitrogen and oxygen atoms in total. The number of methoxy groups -OCH3 is 1. The van der Waals surface area contributed by atoms with E-state index in [0.717, 1.165) is 85.4 Å². The van der Waals surface area contributed by atoms with Crippen LogP contribution in [0, 0.1) is 23.0 Å². The highest BCUT2D eigenvalue weighted by atomic mass is 79.9. The molecular weight excluding hydrogens is 1010 g/mol. The van der Waals surface area contributed by atoms with Crippen LogP contribution in [0.1, 0.15) is 76.1 Å². The number of amides is 3. The molecule has 3 aromatic carbocycles. The first-order valence-corrected chi connectivity index (χ1v) is 28.4. The molecule has 5 aromatic rings. The van der Waals surface area contributed by atoms with E-state index < -0.39 is 41.9 Å². The van der Waals surface area contributed by atoms with Crippen LogP contribution in [0.4, 0.5) is 43.3 Å². The zero-order valence-electron chi connectivity index (χ0n) is 42.1. The van der Waals surface area contributed by atoms with Gasteiger partial charge in [-0.25, -0.2) is 13.8 Å². The molecule has 4 aliphatic rings. The molecule has 4 saturated heterocycles. The lowest BCUT2D eigenvalue weighted by Gasteiger charge is -2.44. The van der Waals surface area contributed by atoms with Gasteiger partial charge in [-0.2, -0.15) is 4.98 Å². The zero-order chi connectivity index (χ0) is 51.2. The van der Waals surface area contributed by atoms with Crippen LogP contribution in [0.15, 0.2) is 59.2 Å². The van der Waals surface area contributed by atoms with Crippen LogP contribution in [-0.4, -0.2) is 121 Å². The summed E-state index contributed by atoms with van der Waals surface area (Å²) in [5.74, 6) is -2.63. The lowest BCUT2D eigenvalue weighted by Crippen LogP contribution is -2.56. The maximum absolute atomic E-state index is 15.5. The number of carbonyl (C=O) groups excluding carboxylic acids is 3. The fraction of sp³-hybridized carbons (Fsp3) is 0.472. The largest absolute Gasteiger partial charge is 0.494 e. The number of hydrogen-bond donors (Lipinski definition) is 3. The average Bonchev–Trinajstić information content (AvgIpc) is 3.69. The lowest BCUT2D eigenvalue weighted by atomic mass is 9.81. The van der Waals surface area contributed by atoms with Crippen LogP contribution in [0.2, 0.25) is 0 Å². The van der Waals surface area contributed by atoms with Crippen molar-refractivity contribution in [1.82, 2.24) is 30.1 Å². The average molecular weight is 1070 g/mol. The summed E-state index contributed by atoms with van der Waals surface area (Å²) in [5.41, 5.74) is 5.06. The normalized spacial score (nSPS) is 20.0. The summed E-state index contributed by atoms with van der Waals surface area (Å²) in [6, 6.07) is 14.9. The minimum absolute atomic E-state index is 0.0204. The summed E-state index contributed by atoms with van der Waals surface area (Å²) in [5, 5.41) is 10.6. The van der Waals surface area contributed by atoms with E-state index in [2.05, 4.69) is 72.6 Å². The van der Waals surface area contributed by atoms with Crippen molar-refractivity contribution in [3.63, 3.8) is 0 Å². The Bertz CT molecular complexity index is 2950. The predicted molar refractivity (Wildman–Crippen MR) is 283 cm³/mol. The third-order valence-corrected chi connectivity index (χ3v) is 17.2. The van der Waals surface area contributed by atoms with Gasteiger partial charge in [0, 0.05) is 110 Å². The summed E-state index contributed by atoms with van der Waals surface area (Å²) in [6.45, 7) is 17.1. The van der Waals surface area contributed by atoms with E-state index in [-0.39, 0.29) is 30.2 Å². The first-order chi connectivity index (χ1) is 34.3. The molecule has 0 aliphatic carbocycles. The van der Waals surface area contributed by atoms with E-state index in [0.29, 0.717) is 70.9 Å². The molecule has 4 aliphatic heterocycles. The quantitative estimate of drug-likeness (QED) is 0.0758. The number of pyridine rings is 1. The Balaban J connectivity index is 0.812. The Morgan fingerprint density at radius 3 is 2.28 bits per heavy atom. The highest BCUT2D eigenvalue weighted by Crippen LogP contribution is 2.44. The van der Waals surface area contributed by atoms with E-state index in [4.69, 9.17) is 14.7 Å². The van der Waals surface area contributed by atoms with Crippen LogP contribution >= 0.6 is 23.1 Å². The second-order valence-electron chi connectivity index (χ2n) is 20.5. The Kier molecular flexibility index (Phi) is 14.7. The second-order valence-corrected chi connectivity index (χ2v) is 24.5. The molecular formula is C53H64BrF2N10O5P. The molecule has 19 heteroatoms.